The molecule has 0 rings (SSSR count). The number of unbranched alkanes of at least 4 members (excludes halogenated alkanes) is 40. The summed E-state index contributed by atoms with van der Waals surface area (Å²) in [6, 6.07) is 0. The lowest BCUT2D eigenvalue weighted by Crippen LogP contribution is -2.30. The van der Waals surface area contributed by atoms with Crippen molar-refractivity contribution in [2.75, 3.05) is 39.6 Å². The predicted molar refractivity (Wildman–Crippen MR) is 418 cm³/mol. The number of hydrogen-bond acceptors (Lipinski definition) is 15. The summed E-state index contributed by atoms with van der Waals surface area (Å²) in [5.74, 6) is -2.18. The van der Waals surface area contributed by atoms with Gasteiger partial charge in [0.1, 0.15) is 19.3 Å². The summed E-state index contributed by atoms with van der Waals surface area (Å²) < 4.78 is 68.7. The van der Waals surface area contributed by atoms with Gasteiger partial charge in [-0.05, 0) is 116 Å². The van der Waals surface area contributed by atoms with E-state index in [0.29, 0.717) is 25.7 Å². The van der Waals surface area contributed by atoms with Crippen LogP contribution in [-0.4, -0.2) is 96.7 Å². The van der Waals surface area contributed by atoms with E-state index in [2.05, 4.69) is 101 Å². The molecule has 594 valence electrons. The number of rotatable bonds is 78. The van der Waals surface area contributed by atoms with Crippen molar-refractivity contribution in [1.29, 1.82) is 0 Å². The van der Waals surface area contributed by atoms with Gasteiger partial charge in [0.15, 0.2) is 12.2 Å². The van der Waals surface area contributed by atoms with Gasteiger partial charge in [0.2, 0.25) is 0 Å². The highest BCUT2D eigenvalue weighted by atomic mass is 31.2. The number of carbonyl (C=O) groups excluding carboxylic acids is 4. The van der Waals surface area contributed by atoms with Gasteiger partial charge in [-0.1, -0.05) is 306 Å². The van der Waals surface area contributed by atoms with Gasteiger partial charge in [-0.3, -0.25) is 37.3 Å². The Morgan fingerprint density at radius 1 is 0.284 bits per heavy atom. The maximum atomic E-state index is 13.1. The van der Waals surface area contributed by atoms with Crippen molar-refractivity contribution in [1.82, 2.24) is 0 Å². The molecule has 0 aromatic carbocycles. The van der Waals surface area contributed by atoms with Gasteiger partial charge in [-0.25, -0.2) is 9.13 Å². The predicted octanol–water partition coefficient (Wildman–Crippen LogP) is 24.0. The van der Waals surface area contributed by atoms with E-state index in [1.165, 1.54) is 128 Å². The smallest absolute Gasteiger partial charge is 0.462 e. The van der Waals surface area contributed by atoms with E-state index in [1.807, 2.05) is 0 Å². The molecule has 5 unspecified atom stereocenters. The molecule has 0 aliphatic heterocycles. The molecule has 3 N–H and O–H groups in total. The quantitative estimate of drug-likeness (QED) is 0.0169. The molecule has 0 saturated heterocycles. The van der Waals surface area contributed by atoms with E-state index in [4.69, 9.17) is 37.0 Å². The Morgan fingerprint density at radius 3 is 0.804 bits per heavy atom. The molecule has 0 fully saturated rings. The first-order valence-electron chi connectivity index (χ1n) is 41.2. The van der Waals surface area contributed by atoms with Gasteiger partial charge in [0.25, 0.3) is 0 Å². The lowest BCUT2D eigenvalue weighted by Gasteiger charge is -2.21. The van der Waals surface area contributed by atoms with Gasteiger partial charge >= 0.3 is 39.5 Å². The second-order valence-corrected chi connectivity index (χ2v) is 30.6. The molecule has 102 heavy (non-hydrogen) atoms. The number of aliphatic hydroxyl groups is 1. The van der Waals surface area contributed by atoms with Crippen LogP contribution in [0.1, 0.15) is 374 Å². The fourth-order valence-corrected chi connectivity index (χ4v) is 13.0. The van der Waals surface area contributed by atoms with Crippen LogP contribution in [-0.2, 0) is 65.4 Å². The lowest BCUT2D eigenvalue weighted by molar-refractivity contribution is -0.161. The Morgan fingerprint density at radius 2 is 0.510 bits per heavy atom. The van der Waals surface area contributed by atoms with Crippen LogP contribution in [0.2, 0.25) is 0 Å². The topological polar surface area (TPSA) is 237 Å². The minimum absolute atomic E-state index is 0.0869. The van der Waals surface area contributed by atoms with Gasteiger partial charge in [-0.2, -0.15) is 0 Å². The second-order valence-electron chi connectivity index (χ2n) is 27.7. The van der Waals surface area contributed by atoms with E-state index in [1.54, 1.807) is 0 Å². The van der Waals surface area contributed by atoms with Crippen molar-refractivity contribution in [2.24, 2.45) is 0 Å². The van der Waals surface area contributed by atoms with Crippen LogP contribution >= 0.6 is 15.6 Å². The molecule has 0 aromatic heterocycles. The zero-order chi connectivity index (χ0) is 74.6. The Bertz CT molecular complexity index is 2210. The zero-order valence-electron chi connectivity index (χ0n) is 65.0. The SMILES string of the molecule is CC/C=C\C/C=C\C/C=C\C/C=C\CCCCCCCCC(=O)OCC(COP(=O)(O)OCC(O)COP(=O)(O)OCC(COC(=O)CCCCCCC/C=C\CCCCCCCC)OC(=O)CCCCCCC/C=C\CCCCCC)OC(=O)CCCCCCCCCCCCCCCCC. The summed E-state index contributed by atoms with van der Waals surface area (Å²) in [4.78, 5) is 73.1. The van der Waals surface area contributed by atoms with Crippen molar-refractivity contribution in [3.8, 4) is 0 Å². The molecule has 0 saturated carbocycles. The molecule has 0 spiro atoms. The summed E-state index contributed by atoms with van der Waals surface area (Å²) in [6.07, 6.45) is 77.2. The molecule has 0 radical (unpaired) electrons. The average Bonchev–Trinajstić information content (AvgIpc) is 0.924. The third-order valence-corrected chi connectivity index (χ3v) is 19.6. The molecule has 19 heteroatoms. The molecule has 0 heterocycles. The first-order chi connectivity index (χ1) is 49.7. The lowest BCUT2D eigenvalue weighted by atomic mass is 10.0. The van der Waals surface area contributed by atoms with Crippen LogP contribution in [0.25, 0.3) is 0 Å². The van der Waals surface area contributed by atoms with Gasteiger partial charge in [-0.15, -0.1) is 0 Å². The van der Waals surface area contributed by atoms with Crippen LogP contribution in [0, 0.1) is 0 Å². The molecule has 0 bridgehead atoms. The number of allylic oxidation sites excluding steroid dienone is 12. The van der Waals surface area contributed by atoms with Gasteiger partial charge in [0.05, 0.1) is 26.4 Å². The Kier molecular flexibility index (Phi) is 73.1. The highest BCUT2D eigenvalue weighted by molar-refractivity contribution is 7.47. The third kappa shape index (κ3) is 74.8. The van der Waals surface area contributed by atoms with E-state index >= 15 is 0 Å². The molecule has 5 atom stereocenters. The van der Waals surface area contributed by atoms with Crippen LogP contribution in [0.5, 0.6) is 0 Å². The van der Waals surface area contributed by atoms with Gasteiger partial charge < -0.3 is 33.8 Å². The van der Waals surface area contributed by atoms with Crippen LogP contribution in [0.4, 0.5) is 0 Å². The van der Waals surface area contributed by atoms with Crippen molar-refractivity contribution in [3.63, 3.8) is 0 Å². The fraction of sp³-hybridized carbons (Fsp3) is 0.807. The molecule has 0 aromatic rings. The number of phosphoric acid groups is 2. The molecular weight excluding hydrogens is 1330 g/mol. The van der Waals surface area contributed by atoms with E-state index in [-0.39, 0.29) is 25.7 Å². The third-order valence-electron chi connectivity index (χ3n) is 17.7. The van der Waals surface area contributed by atoms with Crippen LogP contribution in [0.15, 0.2) is 72.9 Å². The van der Waals surface area contributed by atoms with E-state index < -0.39 is 97.5 Å². The second kappa shape index (κ2) is 75.7. The van der Waals surface area contributed by atoms with Crippen LogP contribution < -0.4 is 0 Å². The van der Waals surface area contributed by atoms with Crippen molar-refractivity contribution < 1.29 is 80.2 Å². The summed E-state index contributed by atoms with van der Waals surface area (Å²) in [5.41, 5.74) is 0. The molecule has 17 nitrogen and oxygen atoms in total. The summed E-state index contributed by atoms with van der Waals surface area (Å²) in [5, 5.41) is 10.6. The minimum atomic E-state index is -4.98. The fourth-order valence-electron chi connectivity index (χ4n) is 11.4. The van der Waals surface area contributed by atoms with Crippen molar-refractivity contribution >= 4 is 39.5 Å². The van der Waals surface area contributed by atoms with Crippen LogP contribution in [0.3, 0.4) is 0 Å². The maximum absolute atomic E-state index is 13.1. The van der Waals surface area contributed by atoms with Crippen molar-refractivity contribution in [3.05, 3.63) is 72.9 Å². The standard InChI is InChI=1S/C83H150O17P2/c1-5-9-13-17-21-25-29-33-36-37-38-39-42-45-48-52-56-60-64-68-81(86)94-74-79(100-83(88)70-66-62-58-54-50-46-41-35-31-27-23-19-15-11-7-3)76-98-102(91,92)96-72-77(84)71-95-101(89,90)97-75-78(99-82(87)69-65-61-57-53-49-43-32-28-24-20-16-12-8-4)73-93-80(85)67-63-59-55-51-47-44-40-34-30-26-22-18-14-10-6-2/h9,13,21,25,28,32-34,36,38-40,77-79,84H,5-8,10-12,14-20,22-24,26-27,29-31,35,37,41-76H2,1-4H3,(H,89,90)(H,91,92)/b13-9-,25-21-,32-28-,36-33-,39-38-,40-34-. The average molecular weight is 1480 g/mol. The molecule has 0 aliphatic rings. The normalized spacial score (nSPS) is 14.2. The molecular formula is C83H150O17P2. The monoisotopic (exact) mass is 1480 g/mol. The van der Waals surface area contributed by atoms with Gasteiger partial charge in [0, 0.05) is 25.7 Å². The highest BCUT2D eigenvalue weighted by Crippen LogP contribution is 2.45. The molecule has 0 aliphatic carbocycles. The first kappa shape index (κ1) is 98.5. The molecule has 0 amide bonds. The van der Waals surface area contributed by atoms with E-state index in [0.717, 1.165) is 167 Å². The summed E-state index contributed by atoms with van der Waals surface area (Å²) in [7, 11) is -9.95. The zero-order valence-corrected chi connectivity index (χ0v) is 66.8. The highest BCUT2D eigenvalue weighted by Gasteiger charge is 2.30. The Hall–Kier alpha value is -3.50. The number of aliphatic hydroxyl groups excluding tert-OH is 1. The Labute approximate surface area is 622 Å². The van der Waals surface area contributed by atoms with Crippen molar-refractivity contribution in [2.45, 2.75) is 393 Å². The summed E-state index contributed by atoms with van der Waals surface area (Å²) >= 11 is 0. The number of carbonyl (C=O) groups is 4. The maximum Gasteiger partial charge on any atom is 0.472 e. The Balaban J connectivity index is 5.33. The summed E-state index contributed by atoms with van der Waals surface area (Å²) in [6.45, 7) is 4.79. The number of hydrogen-bond donors (Lipinski definition) is 3. The van der Waals surface area contributed by atoms with E-state index in [9.17, 15) is 43.2 Å². The minimum Gasteiger partial charge on any atom is -0.462 e. The number of phosphoric ester groups is 2. The largest absolute Gasteiger partial charge is 0.472 e. The first-order valence-corrected chi connectivity index (χ1v) is 44.2. The number of esters is 4. The number of ether oxygens (including phenoxy) is 4.